The third-order valence-corrected chi connectivity index (χ3v) is 3.72. The molecule has 0 saturated carbocycles. The van der Waals surface area contributed by atoms with Crippen molar-refractivity contribution in [3.05, 3.63) is 34.4 Å². The van der Waals surface area contributed by atoms with Crippen molar-refractivity contribution in [2.45, 2.75) is 6.92 Å². The second-order valence-corrected chi connectivity index (χ2v) is 5.21. The van der Waals surface area contributed by atoms with Crippen LogP contribution in [0, 0.1) is 6.92 Å². The average molecular weight is 306 g/mol. The summed E-state index contributed by atoms with van der Waals surface area (Å²) in [7, 11) is 2.04. The normalized spacial score (nSPS) is 11.3. The Morgan fingerprint density at radius 2 is 2.11 bits per heavy atom. The molecule has 1 aromatic carbocycles. The molecule has 4 nitrogen and oxygen atoms in total. The van der Waals surface area contributed by atoms with Gasteiger partial charge in [0.25, 0.3) is 0 Å². The number of rotatable bonds is 1. The number of fused-ring (bicyclic) bond motifs is 1. The van der Waals surface area contributed by atoms with E-state index >= 15 is 0 Å². The Balaban J connectivity index is 2.39. The number of nitrogens with zero attached hydrogens (tertiary/aromatic N) is 2. The summed E-state index contributed by atoms with van der Waals surface area (Å²) in [6, 6.07) is 7.93. The van der Waals surface area contributed by atoms with E-state index in [-0.39, 0.29) is 0 Å². The molecule has 18 heavy (non-hydrogen) atoms. The third-order valence-electron chi connectivity index (χ3n) is 3.23. The molecule has 0 aliphatic rings. The van der Waals surface area contributed by atoms with Crippen LogP contribution in [0.25, 0.3) is 22.2 Å². The summed E-state index contributed by atoms with van der Waals surface area (Å²) in [5.74, 6) is 1.11. The lowest BCUT2D eigenvalue weighted by atomic mass is 10.1. The van der Waals surface area contributed by atoms with Crippen LogP contribution in [0.4, 0.5) is 5.82 Å². The summed E-state index contributed by atoms with van der Waals surface area (Å²) >= 11 is 3.49. The molecule has 0 fully saturated rings. The zero-order valence-electron chi connectivity index (χ0n) is 10.1. The van der Waals surface area contributed by atoms with Gasteiger partial charge in [0, 0.05) is 39.7 Å². The molecule has 2 N–H and O–H groups in total. The summed E-state index contributed by atoms with van der Waals surface area (Å²) in [5.41, 5.74) is 8.94. The Kier molecular flexibility index (Phi) is 2.45. The predicted octanol–water partition coefficient (Wildman–Crippen LogP) is 3.49. The van der Waals surface area contributed by atoms with Crippen LogP contribution in [0.1, 0.15) is 5.69 Å². The van der Waals surface area contributed by atoms with Gasteiger partial charge >= 0.3 is 0 Å². The van der Waals surface area contributed by atoms with Crippen LogP contribution in [0.5, 0.6) is 0 Å². The molecular formula is C13H12BrN3O. The smallest absolute Gasteiger partial charge is 0.171 e. The van der Waals surface area contributed by atoms with Crippen molar-refractivity contribution in [2.24, 2.45) is 7.05 Å². The summed E-state index contributed by atoms with van der Waals surface area (Å²) in [6.45, 7) is 2.06. The highest BCUT2D eigenvalue weighted by atomic mass is 79.9. The summed E-state index contributed by atoms with van der Waals surface area (Å²) < 4.78 is 8.47. The molecule has 0 aliphatic carbocycles. The van der Waals surface area contributed by atoms with Gasteiger partial charge in [0.05, 0.1) is 0 Å². The number of hydrogen-bond donors (Lipinski definition) is 1. The monoisotopic (exact) mass is 305 g/mol. The fourth-order valence-electron chi connectivity index (χ4n) is 2.25. The van der Waals surface area contributed by atoms with E-state index in [0.717, 1.165) is 26.6 Å². The van der Waals surface area contributed by atoms with E-state index in [1.807, 2.05) is 13.1 Å². The molecule has 0 radical (unpaired) electrons. The van der Waals surface area contributed by atoms with Crippen LogP contribution in [0.2, 0.25) is 0 Å². The zero-order chi connectivity index (χ0) is 12.9. The number of aryl methyl sites for hydroxylation is 1. The molecule has 3 aromatic rings. The quantitative estimate of drug-likeness (QED) is 0.749. The van der Waals surface area contributed by atoms with Gasteiger partial charge in [-0.25, -0.2) is 0 Å². The topological polar surface area (TPSA) is 57.0 Å². The van der Waals surface area contributed by atoms with Crippen LogP contribution in [-0.2, 0) is 7.05 Å². The molecule has 0 aliphatic heterocycles. The first-order valence-corrected chi connectivity index (χ1v) is 6.34. The Labute approximate surface area is 112 Å². The second kappa shape index (κ2) is 3.88. The maximum Gasteiger partial charge on any atom is 0.171 e. The third kappa shape index (κ3) is 1.54. The Hall–Kier alpha value is -1.75. The molecule has 2 aromatic heterocycles. The van der Waals surface area contributed by atoms with Crippen LogP contribution >= 0.6 is 15.9 Å². The highest BCUT2D eigenvalue weighted by molar-refractivity contribution is 9.10. The lowest BCUT2D eigenvalue weighted by molar-refractivity contribution is 0.436. The van der Waals surface area contributed by atoms with Crippen LogP contribution in [-0.4, -0.2) is 9.72 Å². The Morgan fingerprint density at radius 1 is 1.33 bits per heavy atom. The fourth-order valence-corrected chi connectivity index (χ4v) is 2.60. The standard InChI is InChI=1S/C13H12BrN3O/c1-7-13(11-6-12(15)16-18-11)9-4-3-8(14)5-10(9)17(7)2/h3-6H,1-2H3,(H2,15,16). The van der Waals surface area contributed by atoms with E-state index in [1.54, 1.807) is 6.07 Å². The minimum absolute atomic E-state index is 0.401. The fraction of sp³-hybridized carbons (Fsp3) is 0.154. The molecule has 0 amide bonds. The van der Waals surface area contributed by atoms with Crippen molar-refractivity contribution >= 4 is 32.7 Å². The molecule has 0 unspecified atom stereocenters. The maximum atomic E-state index is 5.62. The largest absolute Gasteiger partial charge is 0.381 e. The van der Waals surface area contributed by atoms with E-state index in [9.17, 15) is 0 Å². The van der Waals surface area contributed by atoms with E-state index < -0.39 is 0 Å². The van der Waals surface area contributed by atoms with Crippen molar-refractivity contribution in [3.63, 3.8) is 0 Å². The molecule has 0 atom stereocenters. The lowest BCUT2D eigenvalue weighted by Gasteiger charge is -1.98. The first-order chi connectivity index (χ1) is 8.58. The van der Waals surface area contributed by atoms with Crippen LogP contribution < -0.4 is 5.73 Å². The van der Waals surface area contributed by atoms with Gasteiger partial charge < -0.3 is 14.8 Å². The second-order valence-electron chi connectivity index (χ2n) is 4.30. The molecule has 0 bridgehead atoms. The highest BCUT2D eigenvalue weighted by Gasteiger charge is 2.17. The maximum absolute atomic E-state index is 5.62. The van der Waals surface area contributed by atoms with Crippen molar-refractivity contribution in [2.75, 3.05) is 5.73 Å². The number of nitrogen functional groups attached to an aromatic ring is 1. The summed E-state index contributed by atoms with van der Waals surface area (Å²) in [5, 5.41) is 4.89. The minimum atomic E-state index is 0.401. The van der Waals surface area contributed by atoms with Crippen LogP contribution in [0.15, 0.2) is 33.3 Å². The van der Waals surface area contributed by atoms with Gasteiger partial charge in [-0.2, -0.15) is 0 Å². The zero-order valence-corrected chi connectivity index (χ0v) is 11.7. The van der Waals surface area contributed by atoms with Crippen molar-refractivity contribution in [1.82, 2.24) is 9.72 Å². The van der Waals surface area contributed by atoms with E-state index in [4.69, 9.17) is 10.3 Å². The number of hydrogen-bond acceptors (Lipinski definition) is 3. The Bertz CT molecular complexity index is 742. The van der Waals surface area contributed by atoms with Gasteiger partial charge in [-0.05, 0) is 19.1 Å². The van der Waals surface area contributed by atoms with E-state index in [2.05, 4.69) is 44.7 Å². The van der Waals surface area contributed by atoms with E-state index in [0.29, 0.717) is 11.6 Å². The van der Waals surface area contributed by atoms with Crippen molar-refractivity contribution < 1.29 is 4.52 Å². The lowest BCUT2D eigenvalue weighted by Crippen LogP contribution is -1.90. The number of benzene rings is 1. The molecule has 0 spiro atoms. The van der Waals surface area contributed by atoms with Gasteiger partial charge in [0.1, 0.15) is 0 Å². The summed E-state index contributed by atoms with van der Waals surface area (Å²) in [6.07, 6.45) is 0. The highest BCUT2D eigenvalue weighted by Crippen LogP contribution is 2.35. The number of aromatic nitrogens is 2. The van der Waals surface area contributed by atoms with Gasteiger partial charge in [-0.3, -0.25) is 0 Å². The first-order valence-electron chi connectivity index (χ1n) is 5.55. The van der Waals surface area contributed by atoms with E-state index in [1.165, 1.54) is 0 Å². The molecule has 0 saturated heterocycles. The van der Waals surface area contributed by atoms with Gasteiger partial charge in [0.2, 0.25) is 0 Å². The Morgan fingerprint density at radius 3 is 2.78 bits per heavy atom. The predicted molar refractivity (Wildman–Crippen MR) is 75.3 cm³/mol. The SMILES string of the molecule is Cc1c(-c2cc(N)no2)c2ccc(Br)cc2n1C. The van der Waals surface area contributed by atoms with Crippen molar-refractivity contribution in [3.8, 4) is 11.3 Å². The number of halogens is 1. The molecule has 92 valence electrons. The molecule has 3 rings (SSSR count). The van der Waals surface area contributed by atoms with Crippen LogP contribution in [0.3, 0.4) is 0 Å². The van der Waals surface area contributed by atoms with Gasteiger partial charge in [-0.15, -0.1) is 0 Å². The van der Waals surface area contributed by atoms with Gasteiger partial charge in [0.15, 0.2) is 11.6 Å². The number of nitrogens with two attached hydrogens (primary N) is 1. The average Bonchev–Trinajstić information content (AvgIpc) is 2.85. The number of anilines is 1. The molecule has 5 heteroatoms. The molecular weight excluding hydrogens is 294 g/mol. The van der Waals surface area contributed by atoms with Crippen molar-refractivity contribution in [1.29, 1.82) is 0 Å². The minimum Gasteiger partial charge on any atom is -0.381 e. The summed E-state index contributed by atoms with van der Waals surface area (Å²) in [4.78, 5) is 0. The molecule has 2 heterocycles. The first kappa shape index (κ1) is 11.3. The van der Waals surface area contributed by atoms with Gasteiger partial charge in [-0.1, -0.05) is 27.2 Å².